The summed E-state index contributed by atoms with van der Waals surface area (Å²) < 4.78 is 4.71. The summed E-state index contributed by atoms with van der Waals surface area (Å²) in [7, 11) is 0. The zero-order valence-corrected chi connectivity index (χ0v) is 26.4. The van der Waals surface area contributed by atoms with Gasteiger partial charge in [-0.15, -0.1) is 0 Å². The summed E-state index contributed by atoms with van der Waals surface area (Å²) in [5.74, 6) is 0. The highest BCUT2D eigenvalue weighted by Gasteiger charge is 2.13. The minimum atomic E-state index is 1.18. The molecule has 7 aromatic carbocycles. The van der Waals surface area contributed by atoms with Crippen LogP contribution < -0.4 is 0 Å². The molecule has 2 heterocycles. The Labute approximate surface area is 279 Å². The van der Waals surface area contributed by atoms with Crippen molar-refractivity contribution in [1.29, 1.82) is 0 Å². The fraction of sp³-hybridized carbons (Fsp3) is 0. The molecule has 0 N–H and O–H groups in total. The summed E-state index contributed by atoms with van der Waals surface area (Å²) in [6.45, 7) is 0. The summed E-state index contributed by atoms with van der Waals surface area (Å²) in [5, 5.41) is 5.06. The van der Waals surface area contributed by atoms with Gasteiger partial charge < -0.3 is 9.13 Å². The van der Waals surface area contributed by atoms with Gasteiger partial charge in [-0.1, -0.05) is 133 Å². The van der Waals surface area contributed by atoms with Crippen molar-refractivity contribution in [2.24, 2.45) is 0 Å². The molecule has 0 fully saturated rings. The van der Waals surface area contributed by atoms with Crippen LogP contribution in [0.2, 0.25) is 0 Å². The molecule has 0 saturated heterocycles. The van der Waals surface area contributed by atoms with Gasteiger partial charge in [0.05, 0.1) is 22.1 Å². The van der Waals surface area contributed by atoms with Gasteiger partial charge in [0, 0.05) is 32.9 Å². The van der Waals surface area contributed by atoms with Gasteiger partial charge >= 0.3 is 0 Å². The lowest BCUT2D eigenvalue weighted by Gasteiger charge is -2.07. The van der Waals surface area contributed by atoms with Gasteiger partial charge in [-0.3, -0.25) is 0 Å². The van der Waals surface area contributed by atoms with Crippen molar-refractivity contribution in [3.8, 4) is 11.4 Å². The highest BCUT2D eigenvalue weighted by Crippen LogP contribution is 2.34. The standard InChI is InChI=1S/C46H32N2/c1-3-11-37(12-4-1)47-43-17-9-7-15-39(43)41-31-35(27-29-45(41)47)25-23-33-19-21-34(22-20-33)24-26-36-28-30-46-42(32-36)40-16-8-10-18-44(40)48(46)38-13-5-2-6-14-38/h1-32H/b25-23+,26-24+. The Morgan fingerprint density at radius 3 is 1.04 bits per heavy atom. The molecule has 0 aliphatic heterocycles. The normalized spacial score (nSPS) is 12.0. The molecule has 0 aliphatic carbocycles. The van der Waals surface area contributed by atoms with Crippen LogP contribution in [-0.4, -0.2) is 9.13 Å². The molecule has 0 radical (unpaired) electrons. The van der Waals surface area contributed by atoms with Gasteiger partial charge in [-0.25, -0.2) is 0 Å². The van der Waals surface area contributed by atoms with Crippen molar-refractivity contribution in [2.75, 3.05) is 0 Å². The summed E-state index contributed by atoms with van der Waals surface area (Å²) >= 11 is 0. The molecule has 48 heavy (non-hydrogen) atoms. The SMILES string of the molecule is C(=C\c1ccc2c(c1)c1ccccc1n2-c1ccccc1)/c1ccc(/C=C/c2ccc3c(c2)c2ccccc2n3-c2ccccc2)cc1. The number of hydrogen-bond donors (Lipinski definition) is 0. The van der Waals surface area contributed by atoms with Crippen LogP contribution in [0.3, 0.4) is 0 Å². The van der Waals surface area contributed by atoms with E-state index < -0.39 is 0 Å². The first-order valence-electron chi connectivity index (χ1n) is 16.4. The van der Waals surface area contributed by atoms with E-state index in [1.54, 1.807) is 0 Å². The Morgan fingerprint density at radius 1 is 0.271 bits per heavy atom. The molecule has 9 rings (SSSR count). The predicted molar refractivity (Wildman–Crippen MR) is 206 cm³/mol. The van der Waals surface area contributed by atoms with E-state index in [1.165, 1.54) is 77.2 Å². The van der Waals surface area contributed by atoms with E-state index in [0.717, 1.165) is 0 Å². The second kappa shape index (κ2) is 11.8. The number of hydrogen-bond acceptors (Lipinski definition) is 0. The van der Waals surface area contributed by atoms with E-state index in [9.17, 15) is 0 Å². The van der Waals surface area contributed by atoms with Crippen molar-refractivity contribution in [2.45, 2.75) is 0 Å². The fourth-order valence-electron chi connectivity index (χ4n) is 7.00. The largest absolute Gasteiger partial charge is 0.309 e. The first-order chi connectivity index (χ1) is 23.8. The van der Waals surface area contributed by atoms with Crippen molar-refractivity contribution >= 4 is 67.9 Å². The van der Waals surface area contributed by atoms with Crippen molar-refractivity contribution in [3.05, 3.63) is 192 Å². The summed E-state index contributed by atoms with van der Waals surface area (Å²) in [4.78, 5) is 0. The van der Waals surface area contributed by atoms with E-state index in [-0.39, 0.29) is 0 Å². The van der Waals surface area contributed by atoms with Gasteiger partial charge in [0.1, 0.15) is 0 Å². The van der Waals surface area contributed by atoms with Crippen molar-refractivity contribution < 1.29 is 0 Å². The van der Waals surface area contributed by atoms with Crippen LogP contribution in [0.25, 0.3) is 79.3 Å². The number of rotatable bonds is 6. The number of benzene rings is 7. The second-order valence-corrected chi connectivity index (χ2v) is 12.3. The Morgan fingerprint density at radius 2 is 0.604 bits per heavy atom. The number of aromatic nitrogens is 2. The Balaban J connectivity index is 0.976. The quantitative estimate of drug-likeness (QED) is 0.165. The van der Waals surface area contributed by atoms with Crippen LogP contribution in [0, 0.1) is 0 Å². The summed E-state index contributed by atoms with van der Waals surface area (Å²) in [6.07, 6.45) is 8.81. The van der Waals surface area contributed by atoms with E-state index in [1.807, 2.05) is 0 Å². The third kappa shape index (κ3) is 4.92. The smallest absolute Gasteiger partial charge is 0.0541 e. The Bertz CT molecular complexity index is 2450. The average Bonchev–Trinajstić information content (AvgIpc) is 3.66. The number of para-hydroxylation sites is 4. The summed E-state index contributed by atoms with van der Waals surface area (Å²) in [5.41, 5.74) is 12.0. The lowest BCUT2D eigenvalue weighted by molar-refractivity contribution is 1.18. The first-order valence-corrected chi connectivity index (χ1v) is 16.4. The van der Waals surface area contributed by atoms with Gasteiger partial charge in [-0.05, 0) is 82.9 Å². The highest BCUT2D eigenvalue weighted by atomic mass is 15.0. The lowest BCUT2D eigenvalue weighted by atomic mass is 10.1. The molecule has 0 amide bonds. The monoisotopic (exact) mass is 612 g/mol. The number of fused-ring (bicyclic) bond motifs is 6. The van der Waals surface area contributed by atoms with E-state index in [0.29, 0.717) is 0 Å². The van der Waals surface area contributed by atoms with Crippen LogP contribution in [0.15, 0.2) is 170 Å². The average molecular weight is 613 g/mol. The van der Waals surface area contributed by atoms with Crippen LogP contribution in [-0.2, 0) is 0 Å². The molecule has 0 spiro atoms. The zero-order chi connectivity index (χ0) is 31.9. The molecule has 0 bridgehead atoms. The van der Waals surface area contributed by atoms with Crippen molar-refractivity contribution in [3.63, 3.8) is 0 Å². The maximum atomic E-state index is 2.35. The molecular weight excluding hydrogens is 581 g/mol. The molecule has 226 valence electrons. The van der Waals surface area contributed by atoms with Crippen molar-refractivity contribution in [1.82, 2.24) is 9.13 Å². The van der Waals surface area contributed by atoms with E-state index in [2.05, 4.69) is 203 Å². The van der Waals surface area contributed by atoms with E-state index >= 15 is 0 Å². The maximum absolute atomic E-state index is 2.35. The van der Waals surface area contributed by atoms with Crippen LogP contribution in [0.4, 0.5) is 0 Å². The minimum Gasteiger partial charge on any atom is -0.309 e. The minimum absolute atomic E-state index is 1.18. The van der Waals surface area contributed by atoms with Crippen LogP contribution in [0.5, 0.6) is 0 Å². The maximum Gasteiger partial charge on any atom is 0.0541 e. The molecule has 0 unspecified atom stereocenters. The molecule has 2 heteroatoms. The third-order valence-corrected chi connectivity index (χ3v) is 9.29. The molecule has 9 aromatic rings. The molecule has 0 atom stereocenters. The predicted octanol–water partition coefficient (Wildman–Crippen LogP) is 12.2. The van der Waals surface area contributed by atoms with Gasteiger partial charge in [0.2, 0.25) is 0 Å². The van der Waals surface area contributed by atoms with E-state index in [4.69, 9.17) is 0 Å². The van der Waals surface area contributed by atoms with Crippen LogP contribution in [0.1, 0.15) is 22.3 Å². The lowest BCUT2D eigenvalue weighted by Crippen LogP contribution is -1.92. The molecule has 0 saturated carbocycles. The van der Waals surface area contributed by atoms with Gasteiger partial charge in [0.25, 0.3) is 0 Å². The first kappa shape index (κ1) is 27.9. The molecule has 2 nitrogen and oxygen atoms in total. The fourth-order valence-corrected chi connectivity index (χ4v) is 7.00. The topological polar surface area (TPSA) is 9.86 Å². The Hall–Kier alpha value is -6.38. The molecule has 0 aliphatic rings. The third-order valence-electron chi connectivity index (χ3n) is 9.29. The van der Waals surface area contributed by atoms with Crippen LogP contribution >= 0.6 is 0 Å². The number of nitrogens with zero attached hydrogens (tertiary/aromatic N) is 2. The molecular formula is C46H32N2. The second-order valence-electron chi connectivity index (χ2n) is 12.3. The highest BCUT2D eigenvalue weighted by molar-refractivity contribution is 6.11. The van der Waals surface area contributed by atoms with Gasteiger partial charge in [-0.2, -0.15) is 0 Å². The van der Waals surface area contributed by atoms with Gasteiger partial charge in [0.15, 0.2) is 0 Å². The molecule has 2 aromatic heterocycles. The zero-order valence-electron chi connectivity index (χ0n) is 26.4. The summed E-state index contributed by atoms with van der Waals surface area (Å²) in [6, 6.07) is 60.8. The Kier molecular flexibility index (Phi) is 6.84.